The van der Waals surface area contributed by atoms with E-state index < -0.39 is 0 Å². The quantitative estimate of drug-likeness (QED) is 0.500. The Bertz CT molecular complexity index is 977. The van der Waals surface area contributed by atoms with Crippen molar-refractivity contribution >= 4 is 11.9 Å². The molecular weight excluding hydrogens is 430 g/mol. The number of rotatable bonds is 9. The summed E-state index contributed by atoms with van der Waals surface area (Å²) in [6.07, 6.45) is 3.56. The van der Waals surface area contributed by atoms with Crippen LogP contribution < -0.4 is 0 Å². The van der Waals surface area contributed by atoms with E-state index in [9.17, 15) is 9.59 Å². The molecule has 2 heterocycles. The third kappa shape index (κ3) is 4.49. The molecule has 6 nitrogen and oxygen atoms in total. The molecule has 1 aliphatic carbocycles. The largest absolute Gasteiger partial charge is 0.448 e. The van der Waals surface area contributed by atoms with Gasteiger partial charge in [0.05, 0.1) is 19.8 Å². The predicted octanol–water partition coefficient (Wildman–Crippen LogP) is 4.80. The van der Waals surface area contributed by atoms with Crippen LogP contribution >= 0.6 is 0 Å². The first-order chi connectivity index (χ1) is 16.7. The summed E-state index contributed by atoms with van der Waals surface area (Å²) in [5.41, 5.74) is 4.89. The number of Topliss-reactive ketones (excluding diaryl/α,β-unsaturated/α-hetero) is 1. The molecule has 34 heavy (non-hydrogen) atoms. The Morgan fingerprint density at radius 1 is 0.882 bits per heavy atom. The lowest BCUT2D eigenvalue weighted by Crippen LogP contribution is -2.48. The predicted molar refractivity (Wildman–Crippen MR) is 129 cm³/mol. The van der Waals surface area contributed by atoms with Crippen LogP contribution in [0.1, 0.15) is 49.1 Å². The Morgan fingerprint density at radius 3 is 2.12 bits per heavy atom. The number of methoxy groups -OCH3 is 1. The van der Waals surface area contributed by atoms with Crippen molar-refractivity contribution in [3.63, 3.8) is 0 Å². The minimum absolute atomic E-state index is 0.0150. The van der Waals surface area contributed by atoms with Gasteiger partial charge in [-0.1, -0.05) is 48.5 Å². The van der Waals surface area contributed by atoms with E-state index in [2.05, 4.69) is 36.4 Å². The normalized spacial score (nSPS) is 23.0. The average Bonchev–Trinajstić information content (AvgIpc) is 3.32. The van der Waals surface area contributed by atoms with Gasteiger partial charge in [0.15, 0.2) is 0 Å². The second-order valence-corrected chi connectivity index (χ2v) is 9.59. The molecule has 2 aromatic rings. The molecule has 0 aromatic heterocycles. The van der Waals surface area contributed by atoms with Gasteiger partial charge >= 0.3 is 6.09 Å². The lowest BCUT2D eigenvalue weighted by molar-refractivity contribution is -0.126. The highest BCUT2D eigenvalue weighted by Gasteiger charge is 2.46. The zero-order chi connectivity index (χ0) is 23.5. The lowest BCUT2D eigenvalue weighted by Gasteiger charge is -2.37. The van der Waals surface area contributed by atoms with E-state index in [0.717, 1.165) is 25.7 Å². The summed E-state index contributed by atoms with van der Waals surface area (Å²) in [6.45, 7) is 1.82. The van der Waals surface area contributed by atoms with Gasteiger partial charge in [-0.05, 0) is 47.9 Å². The number of ether oxygens (including phenoxy) is 3. The molecule has 6 heteroatoms. The number of nitrogens with zero attached hydrogens (tertiary/aromatic N) is 1. The molecule has 0 saturated carbocycles. The van der Waals surface area contributed by atoms with E-state index in [-0.39, 0.29) is 35.8 Å². The maximum Gasteiger partial charge on any atom is 0.410 e. The van der Waals surface area contributed by atoms with Crippen molar-refractivity contribution in [2.24, 2.45) is 5.92 Å². The number of carbonyl (C=O) groups excluding carboxylic acids is 2. The molecule has 2 saturated heterocycles. The van der Waals surface area contributed by atoms with Crippen molar-refractivity contribution in [2.45, 2.75) is 50.1 Å². The Labute approximate surface area is 201 Å². The van der Waals surface area contributed by atoms with Crippen molar-refractivity contribution in [2.75, 3.05) is 33.5 Å². The number of amides is 1. The Kier molecular flexibility index (Phi) is 6.97. The summed E-state index contributed by atoms with van der Waals surface area (Å²) >= 11 is 0. The fraction of sp³-hybridized carbons (Fsp3) is 0.500. The van der Waals surface area contributed by atoms with Gasteiger partial charge in [-0.3, -0.25) is 4.79 Å². The monoisotopic (exact) mass is 463 g/mol. The average molecular weight is 464 g/mol. The zero-order valence-corrected chi connectivity index (χ0v) is 19.8. The first-order valence-corrected chi connectivity index (χ1v) is 12.4. The molecule has 3 aliphatic rings. The number of carbonyl (C=O) groups is 2. The minimum atomic E-state index is -0.233. The van der Waals surface area contributed by atoms with Crippen LogP contribution in [0.25, 0.3) is 11.1 Å². The second-order valence-electron chi connectivity index (χ2n) is 9.59. The van der Waals surface area contributed by atoms with Gasteiger partial charge in [0, 0.05) is 37.5 Å². The lowest BCUT2D eigenvalue weighted by atomic mass is 9.86. The first kappa shape index (κ1) is 23.1. The van der Waals surface area contributed by atoms with Crippen molar-refractivity contribution in [1.82, 2.24) is 4.90 Å². The molecule has 0 N–H and O–H groups in total. The molecule has 2 aromatic carbocycles. The van der Waals surface area contributed by atoms with Crippen molar-refractivity contribution < 1.29 is 23.8 Å². The van der Waals surface area contributed by atoms with E-state index in [4.69, 9.17) is 14.2 Å². The van der Waals surface area contributed by atoms with Crippen LogP contribution in [0.15, 0.2) is 48.5 Å². The maximum atomic E-state index is 13.2. The molecule has 0 spiro atoms. The highest BCUT2D eigenvalue weighted by molar-refractivity contribution is 5.82. The molecule has 180 valence electrons. The molecule has 2 bridgehead atoms. The Hall–Kier alpha value is -2.70. The van der Waals surface area contributed by atoms with Gasteiger partial charge < -0.3 is 19.1 Å². The SMILES string of the molecule is COCCOCCC(=O)C1CC2CCC(C1)N2C(=O)OCC1c2ccccc2-c2ccccc21. The Morgan fingerprint density at radius 2 is 1.50 bits per heavy atom. The van der Waals surface area contributed by atoms with Gasteiger partial charge in [0.1, 0.15) is 12.4 Å². The van der Waals surface area contributed by atoms with E-state index in [1.54, 1.807) is 7.11 Å². The van der Waals surface area contributed by atoms with E-state index in [1.807, 2.05) is 17.0 Å². The summed E-state index contributed by atoms with van der Waals surface area (Å²) in [7, 11) is 1.63. The maximum absolute atomic E-state index is 13.2. The zero-order valence-electron chi connectivity index (χ0n) is 19.8. The number of ketones is 1. The fourth-order valence-corrected chi connectivity index (χ4v) is 6.03. The molecule has 2 aliphatic heterocycles. The van der Waals surface area contributed by atoms with Crippen LogP contribution in [0.5, 0.6) is 0 Å². The van der Waals surface area contributed by atoms with Crippen LogP contribution in [-0.2, 0) is 19.0 Å². The standard InChI is InChI=1S/C28H33NO5/c1-32-14-15-33-13-12-27(30)19-16-20-10-11-21(17-19)29(20)28(31)34-18-26-24-8-4-2-6-22(24)23-7-3-5-9-25(23)26/h2-9,19-21,26H,10-18H2,1H3. The summed E-state index contributed by atoms with van der Waals surface area (Å²) in [5.74, 6) is 0.328. The number of benzene rings is 2. The first-order valence-electron chi connectivity index (χ1n) is 12.4. The number of hydrogen-bond acceptors (Lipinski definition) is 5. The van der Waals surface area contributed by atoms with Gasteiger partial charge in [0.2, 0.25) is 0 Å². The van der Waals surface area contributed by atoms with E-state index in [0.29, 0.717) is 32.8 Å². The van der Waals surface area contributed by atoms with E-state index >= 15 is 0 Å². The second kappa shape index (κ2) is 10.3. The van der Waals surface area contributed by atoms with Crippen LogP contribution in [0.3, 0.4) is 0 Å². The van der Waals surface area contributed by atoms with Crippen LogP contribution in [-0.4, -0.2) is 62.4 Å². The topological polar surface area (TPSA) is 65.1 Å². The van der Waals surface area contributed by atoms with E-state index in [1.165, 1.54) is 22.3 Å². The van der Waals surface area contributed by atoms with Gasteiger partial charge in [-0.25, -0.2) is 4.79 Å². The number of fused-ring (bicyclic) bond motifs is 5. The summed E-state index contributed by atoms with van der Waals surface area (Å²) in [6, 6.07) is 16.9. The van der Waals surface area contributed by atoms with Crippen LogP contribution in [0.4, 0.5) is 4.79 Å². The fourth-order valence-electron chi connectivity index (χ4n) is 6.03. The minimum Gasteiger partial charge on any atom is -0.448 e. The van der Waals surface area contributed by atoms with Crippen LogP contribution in [0, 0.1) is 5.92 Å². The Balaban J connectivity index is 1.18. The number of hydrogen-bond donors (Lipinski definition) is 0. The van der Waals surface area contributed by atoms with Crippen LogP contribution in [0.2, 0.25) is 0 Å². The molecule has 1 amide bonds. The third-order valence-corrected chi connectivity index (χ3v) is 7.66. The highest BCUT2D eigenvalue weighted by atomic mass is 16.6. The molecule has 5 rings (SSSR count). The third-order valence-electron chi connectivity index (χ3n) is 7.66. The molecule has 2 atom stereocenters. The smallest absolute Gasteiger partial charge is 0.410 e. The van der Waals surface area contributed by atoms with Gasteiger partial charge in [-0.15, -0.1) is 0 Å². The van der Waals surface area contributed by atoms with Gasteiger partial charge in [0.25, 0.3) is 0 Å². The van der Waals surface area contributed by atoms with Gasteiger partial charge in [-0.2, -0.15) is 0 Å². The molecule has 2 unspecified atom stereocenters. The molecular formula is C28H33NO5. The van der Waals surface area contributed by atoms with Crippen molar-refractivity contribution in [3.05, 3.63) is 59.7 Å². The summed E-state index contributed by atoms with van der Waals surface area (Å²) in [5, 5.41) is 0. The molecule has 0 radical (unpaired) electrons. The molecule has 2 fully saturated rings. The number of piperidine rings is 1. The highest BCUT2D eigenvalue weighted by Crippen LogP contribution is 2.45. The van der Waals surface area contributed by atoms with Crippen molar-refractivity contribution in [1.29, 1.82) is 0 Å². The summed E-state index contributed by atoms with van der Waals surface area (Å²) in [4.78, 5) is 27.8. The summed E-state index contributed by atoms with van der Waals surface area (Å²) < 4.78 is 16.4. The van der Waals surface area contributed by atoms with Crippen molar-refractivity contribution in [3.8, 4) is 11.1 Å².